The van der Waals surface area contributed by atoms with Gasteiger partial charge in [0.1, 0.15) is 6.04 Å². The summed E-state index contributed by atoms with van der Waals surface area (Å²) in [6.07, 6.45) is 14.5. The molecule has 1 atom stereocenters. The normalized spacial score (nSPS) is 12.1. The minimum Gasteiger partial charge on any atom is -0.480 e. The topological polar surface area (TPSA) is 66.4 Å². The SMILES string of the molecule is CCCCCCCCCCCCCSC[C@H](NC(C)=O)C(=O)O. The van der Waals surface area contributed by atoms with Gasteiger partial charge in [-0.25, -0.2) is 4.79 Å². The number of carboxylic acids is 1. The molecule has 136 valence electrons. The fraction of sp³-hybridized carbons (Fsp3) is 0.889. The van der Waals surface area contributed by atoms with Gasteiger partial charge in [0.2, 0.25) is 5.91 Å². The summed E-state index contributed by atoms with van der Waals surface area (Å²) in [5, 5.41) is 11.4. The molecule has 0 aromatic rings. The molecule has 0 saturated heterocycles. The Bertz CT molecular complexity index is 311. The van der Waals surface area contributed by atoms with Gasteiger partial charge in [-0.05, 0) is 12.2 Å². The van der Waals surface area contributed by atoms with Crippen molar-refractivity contribution in [3.8, 4) is 0 Å². The minimum absolute atomic E-state index is 0.285. The van der Waals surface area contributed by atoms with Crippen LogP contribution in [0.5, 0.6) is 0 Å². The molecule has 0 aliphatic rings. The predicted molar refractivity (Wildman–Crippen MR) is 99.0 cm³/mol. The van der Waals surface area contributed by atoms with Crippen LogP contribution in [0.3, 0.4) is 0 Å². The fourth-order valence-electron chi connectivity index (χ4n) is 2.49. The number of hydrogen-bond acceptors (Lipinski definition) is 3. The lowest BCUT2D eigenvalue weighted by Gasteiger charge is -2.12. The summed E-state index contributed by atoms with van der Waals surface area (Å²) in [7, 11) is 0. The molecule has 0 rings (SSSR count). The van der Waals surface area contributed by atoms with Crippen molar-refractivity contribution >= 4 is 23.6 Å². The molecular weight excluding hydrogens is 310 g/mol. The van der Waals surface area contributed by atoms with Gasteiger partial charge in [0, 0.05) is 12.7 Å². The van der Waals surface area contributed by atoms with Crippen LogP contribution in [0, 0.1) is 0 Å². The van der Waals surface area contributed by atoms with Gasteiger partial charge in [-0.1, -0.05) is 71.1 Å². The molecule has 0 saturated carbocycles. The van der Waals surface area contributed by atoms with E-state index in [4.69, 9.17) is 5.11 Å². The minimum atomic E-state index is -0.952. The molecule has 0 heterocycles. The Morgan fingerprint density at radius 3 is 1.83 bits per heavy atom. The smallest absolute Gasteiger partial charge is 0.327 e. The van der Waals surface area contributed by atoms with Crippen LogP contribution in [0.2, 0.25) is 0 Å². The van der Waals surface area contributed by atoms with Crippen molar-refractivity contribution in [2.75, 3.05) is 11.5 Å². The average Bonchev–Trinajstić information content (AvgIpc) is 2.50. The number of carbonyl (C=O) groups is 2. The molecule has 0 spiro atoms. The van der Waals surface area contributed by atoms with Crippen LogP contribution in [0.1, 0.15) is 84.5 Å². The second-order valence-electron chi connectivity index (χ2n) is 6.20. The molecule has 0 aliphatic heterocycles. The highest BCUT2D eigenvalue weighted by atomic mass is 32.2. The highest BCUT2D eigenvalue weighted by Gasteiger charge is 2.17. The van der Waals surface area contributed by atoms with Gasteiger partial charge in [-0.3, -0.25) is 4.79 Å². The van der Waals surface area contributed by atoms with Crippen molar-refractivity contribution in [2.45, 2.75) is 90.5 Å². The van der Waals surface area contributed by atoms with Crippen molar-refractivity contribution in [3.63, 3.8) is 0 Å². The van der Waals surface area contributed by atoms with Gasteiger partial charge in [0.15, 0.2) is 0 Å². The number of rotatable bonds is 16. The lowest BCUT2D eigenvalue weighted by molar-refractivity contribution is -0.140. The molecule has 0 aliphatic carbocycles. The lowest BCUT2D eigenvalue weighted by Crippen LogP contribution is -2.41. The quantitative estimate of drug-likeness (QED) is 0.401. The van der Waals surface area contributed by atoms with Gasteiger partial charge in [0.25, 0.3) is 0 Å². The number of carbonyl (C=O) groups excluding carboxylic acids is 1. The molecule has 0 unspecified atom stereocenters. The summed E-state index contributed by atoms with van der Waals surface area (Å²) in [6, 6.07) is -0.759. The Morgan fingerprint density at radius 2 is 1.39 bits per heavy atom. The zero-order chi connectivity index (χ0) is 17.3. The van der Waals surface area contributed by atoms with E-state index in [9.17, 15) is 9.59 Å². The van der Waals surface area contributed by atoms with Crippen LogP contribution < -0.4 is 5.32 Å². The zero-order valence-electron chi connectivity index (χ0n) is 14.9. The maximum Gasteiger partial charge on any atom is 0.327 e. The van der Waals surface area contributed by atoms with Crippen molar-refractivity contribution < 1.29 is 14.7 Å². The summed E-state index contributed by atoms with van der Waals surface area (Å²) in [5.74, 6) is 0.187. The molecule has 0 fully saturated rings. The maximum atomic E-state index is 11.0. The largest absolute Gasteiger partial charge is 0.480 e. The maximum absolute atomic E-state index is 11.0. The Labute approximate surface area is 146 Å². The average molecular weight is 346 g/mol. The van der Waals surface area contributed by atoms with E-state index in [0.717, 1.165) is 12.2 Å². The first kappa shape index (κ1) is 22.3. The van der Waals surface area contributed by atoms with Gasteiger partial charge < -0.3 is 10.4 Å². The second-order valence-corrected chi connectivity index (χ2v) is 7.35. The molecule has 0 aromatic heterocycles. The summed E-state index contributed by atoms with van der Waals surface area (Å²) < 4.78 is 0. The van der Waals surface area contributed by atoms with Crippen LogP contribution in [-0.4, -0.2) is 34.5 Å². The number of unbranched alkanes of at least 4 members (excludes halogenated alkanes) is 10. The zero-order valence-corrected chi connectivity index (χ0v) is 15.8. The van der Waals surface area contributed by atoms with Gasteiger partial charge in [-0.2, -0.15) is 11.8 Å². The molecule has 23 heavy (non-hydrogen) atoms. The van der Waals surface area contributed by atoms with Gasteiger partial charge in [-0.15, -0.1) is 0 Å². The van der Waals surface area contributed by atoms with E-state index >= 15 is 0 Å². The first-order chi connectivity index (χ1) is 11.1. The fourth-order valence-corrected chi connectivity index (χ4v) is 3.53. The van der Waals surface area contributed by atoms with Crippen molar-refractivity contribution in [3.05, 3.63) is 0 Å². The molecule has 2 N–H and O–H groups in total. The van der Waals surface area contributed by atoms with Crippen LogP contribution in [0.25, 0.3) is 0 Å². The summed E-state index contributed by atoms with van der Waals surface area (Å²) in [6.45, 7) is 3.60. The summed E-state index contributed by atoms with van der Waals surface area (Å²) in [4.78, 5) is 21.9. The number of thioether (sulfide) groups is 1. The van der Waals surface area contributed by atoms with Crippen molar-refractivity contribution in [1.29, 1.82) is 0 Å². The first-order valence-corrected chi connectivity index (χ1v) is 10.3. The van der Waals surface area contributed by atoms with Crippen LogP contribution in [0.15, 0.2) is 0 Å². The predicted octanol–water partition coefficient (Wildman–Crippen LogP) is 4.62. The molecular formula is C18H35NO3S. The number of hydrogen-bond donors (Lipinski definition) is 2. The van der Waals surface area contributed by atoms with Gasteiger partial charge in [0.05, 0.1) is 0 Å². The lowest BCUT2D eigenvalue weighted by atomic mass is 10.1. The number of amides is 1. The highest BCUT2D eigenvalue weighted by Crippen LogP contribution is 2.13. The van der Waals surface area contributed by atoms with E-state index in [-0.39, 0.29) is 5.91 Å². The van der Waals surface area contributed by atoms with Crippen LogP contribution in [0.4, 0.5) is 0 Å². The van der Waals surface area contributed by atoms with Crippen molar-refractivity contribution in [1.82, 2.24) is 5.32 Å². The molecule has 0 aromatic carbocycles. The number of aliphatic carboxylic acids is 1. The van der Waals surface area contributed by atoms with Gasteiger partial charge >= 0.3 is 5.97 Å². The number of nitrogens with one attached hydrogen (secondary N) is 1. The third kappa shape index (κ3) is 15.9. The van der Waals surface area contributed by atoms with Crippen LogP contribution in [-0.2, 0) is 9.59 Å². The third-order valence-electron chi connectivity index (χ3n) is 3.85. The molecule has 1 amide bonds. The Hall–Kier alpha value is -0.710. The number of carboxylic acid groups (broad SMARTS) is 1. The second kappa shape index (κ2) is 16.2. The Kier molecular flexibility index (Phi) is 15.7. The standard InChI is InChI=1S/C18H35NO3S/c1-3-4-5-6-7-8-9-10-11-12-13-14-23-15-17(18(21)22)19-16(2)20/h17H,3-15H2,1-2H3,(H,19,20)(H,21,22)/t17-/m0/s1. The van der Waals surface area contributed by atoms with E-state index in [0.29, 0.717) is 5.75 Å². The molecule has 0 bridgehead atoms. The Balaban J connectivity index is 3.32. The third-order valence-corrected chi connectivity index (χ3v) is 5.00. The molecule has 4 nitrogen and oxygen atoms in total. The van der Waals surface area contributed by atoms with E-state index in [2.05, 4.69) is 12.2 Å². The van der Waals surface area contributed by atoms with E-state index in [1.165, 1.54) is 71.1 Å². The van der Waals surface area contributed by atoms with Crippen LogP contribution >= 0.6 is 11.8 Å². The van der Waals surface area contributed by atoms with E-state index < -0.39 is 12.0 Å². The summed E-state index contributed by atoms with van der Waals surface area (Å²) in [5.41, 5.74) is 0. The molecule has 0 radical (unpaired) electrons. The summed E-state index contributed by atoms with van der Waals surface area (Å²) >= 11 is 1.62. The van der Waals surface area contributed by atoms with Crippen molar-refractivity contribution in [2.24, 2.45) is 0 Å². The molecule has 5 heteroatoms. The first-order valence-electron chi connectivity index (χ1n) is 9.15. The Morgan fingerprint density at radius 1 is 0.913 bits per heavy atom. The highest BCUT2D eigenvalue weighted by molar-refractivity contribution is 7.99. The van der Waals surface area contributed by atoms with E-state index in [1.54, 1.807) is 11.8 Å². The monoisotopic (exact) mass is 345 g/mol. The van der Waals surface area contributed by atoms with E-state index in [1.807, 2.05) is 0 Å².